The number of aromatic amines is 1. The van der Waals surface area contributed by atoms with Crippen molar-refractivity contribution in [2.24, 2.45) is 0 Å². The summed E-state index contributed by atoms with van der Waals surface area (Å²) >= 11 is 0. The van der Waals surface area contributed by atoms with Gasteiger partial charge in [-0.2, -0.15) is 5.10 Å². The molecule has 2 amide bonds. The van der Waals surface area contributed by atoms with E-state index in [9.17, 15) is 19.2 Å². The quantitative estimate of drug-likeness (QED) is 0.300. The lowest BCUT2D eigenvalue weighted by atomic mass is 10.1. The van der Waals surface area contributed by atoms with Crippen molar-refractivity contribution in [3.63, 3.8) is 0 Å². The largest absolute Gasteiger partial charge is 0.417 e. The van der Waals surface area contributed by atoms with Crippen LogP contribution < -0.4 is 16.4 Å². The maximum Gasteiger partial charge on any atom is 0.417 e. The molecule has 0 spiro atoms. The molecule has 3 heterocycles. The number of carbonyl (C=O) groups is 3. The summed E-state index contributed by atoms with van der Waals surface area (Å²) < 4.78 is 6.34. The first-order chi connectivity index (χ1) is 17.4. The van der Waals surface area contributed by atoms with E-state index in [0.717, 1.165) is 11.1 Å². The predicted molar refractivity (Wildman–Crippen MR) is 129 cm³/mol. The molecule has 3 N–H and O–H groups in total. The van der Waals surface area contributed by atoms with E-state index in [4.69, 9.17) is 4.42 Å². The van der Waals surface area contributed by atoms with Crippen molar-refractivity contribution in [1.29, 1.82) is 0 Å². The zero-order valence-electron chi connectivity index (χ0n) is 19.1. The fourth-order valence-electron chi connectivity index (χ4n) is 3.70. The Hall–Kier alpha value is -5.06. The number of hydrogen-bond acceptors (Lipinski definition) is 7. The molecule has 0 fully saturated rings. The third kappa shape index (κ3) is 4.62. The summed E-state index contributed by atoms with van der Waals surface area (Å²) in [4.78, 5) is 55.5. The average Bonchev–Trinajstić information content (AvgIpc) is 3.50. The van der Waals surface area contributed by atoms with Gasteiger partial charge in [-0.15, -0.1) is 0 Å². The number of aromatic nitrogens is 4. The first kappa shape index (κ1) is 22.7. The molecule has 0 radical (unpaired) electrons. The second-order valence-corrected chi connectivity index (χ2v) is 8.09. The third-order valence-corrected chi connectivity index (χ3v) is 5.57. The van der Waals surface area contributed by atoms with Gasteiger partial charge in [0.15, 0.2) is 17.0 Å². The van der Waals surface area contributed by atoms with Crippen molar-refractivity contribution in [3.8, 4) is 0 Å². The number of nitrogens with zero attached hydrogens (tertiary/aromatic N) is 3. The Morgan fingerprint density at radius 3 is 2.44 bits per heavy atom. The summed E-state index contributed by atoms with van der Waals surface area (Å²) in [5.41, 5.74) is 3.64. The number of rotatable bonds is 7. The van der Waals surface area contributed by atoms with E-state index in [-0.39, 0.29) is 30.3 Å². The van der Waals surface area contributed by atoms with E-state index < -0.39 is 17.6 Å². The summed E-state index contributed by atoms with van der Waals surface area (Å²) in [6.45, 7) is 1.89. The Kier molecular flexibility index (Phi) is 5.87. The topological polar surface area (TPSA) is 151 Å². The van der Waals surface area contributed by atoms with Crippen LogP contribution in [0.2, 0.25) is 0 Å². The molecular weight excluding hydrogens is 464 g/mol. The molecule has 0 aliphatic rings. The van der Waals surface area contributed by atoms with Gasteiger partial charge in [0.25, 0.3) is 11.8 Å². The number of oxazole rings is 1. The minimum absolute atomic E-state index is 0.0359. The third-order valence-electron chi connectivity index (χ3n) is 5.57. The zero-order valence-corrected chi connectivity index (χ0v) is 19.1. The maximum atomic E-state index is 13.0. The van der Waals surface area contributed by atoms with Crippen molar-refractivity contribution >= 4 is 34.3 Å². The molecule has 0 bridgehead atoms. The summed E-state index contributed by atoms with van der Waals surface area (Å²) in [6, 6.07) is 15.0. The van der Waals surface area contributed by atoms with Crippen LogP contribution in [0.15, 0.2) is 70.0 Å². The van der Waals surface area contributed by atoms with E-state index in [2.05, 4.69) is 25.7 Å². The molecule has 180 valence electrons. The zero-order chi connectivity index (χ0) is 25.2. The van der Waals surface area contributed by atoms with E-state index in [1.54, 1.807) is 48.5 Å². The first-order valence-electron chi connectivity index (χ1n) is 11.0. The predicted octanol–water partition coefficient (Wildman–Crippen LogP) is 2.23. The minimum atomic E-state index is -0.552. The van der Waals surface area contributed by atoms with Crippen LogP contribution in [-0.2, 0) is 13.1 Å². The van der Waals surface area contributed by atoms with Crippen LogP contribution in [0.4, 0.5) is 0 Å². The number of nitrogens with one attached hydrogen (secondary N) is 3. The van der Waals surface area contributed by atoms with Crippen LogP contribution in [0.1, 0.15) is 49.4 Å². The fraction of sp³-hybridized carbons (Fsp3) is 0.120. The first-order valence-corrected chi connectivity index (χ1v) is 11.0. The molecule has 0 atom stereocenters. The van der Waals surface area contributed by atoms with Crippen molar-refractivity contribution in [3.05, 3.63) is 99.4 Å². The Morgan fingerprint density at radius 2 is 1.67 bits per heavy atom. The second kappa shape index (κ2) is 9.29. The van der Waals surface area contributed by atoms with Gasteiger partial charge in [-0.3, -0.25) is 19.4 Å². The molecule has 5 rings (SSSR count). The Balaban J connectivity index is 1.31. The molecule has 0 saturated heterocycles. The van der Waals surface area contributed by atoms with E-state index in [1.165, 1.54) is 23.7 Å². The molecule has 0 unspecified atom stereocenters. The smallest absolute Gasteiger partial charge is 0.408 e. The normalized spacial score (nSPS) is 11.0. The van der Waals surface area contributed by atoms with Crippen molar-refractivity contribution < 1.29 is 18.8 Å². The lowest BCUT2D eigenvalue weighted by molar-refractivity contribution is 0.0941. The highest BCUT2D eigenvalue weighted by atomic mass is 16.4. The van der Waals surface area contributed by atoms with Gasteiger partial charge in [0.2, 0.25) is 0 Å². The Morgan fingerprint density at radius 1 is 0.944 bits per heavy atom. The molecule has 3 aromatic heterocycles. The molecule has 0 aliphatic heterocycles. The van der Waals surface area contributed by atoms with Gasteiger partial charge in [-0.25, -0.2) is 14.3 Å². The number of Topliss-reactive ketones (excluding diaryl/α,β-unsaturated/α-hetero) is 1. The summed E-state index contributed by atoms with van der Waals surface area (Å²) in [5.74, 6) is -1.51. The van der Waals surface area contributed by atoms with Crippen LogP contribution in [0.3, 0.4) is 0 Å². The summed E-state index contributed by atoms with van der Waals surface area (Å²) in [5, 5.41) is 9.71. The molecule has 11 nitrogen and oxygen atoms in total. The number of ketones is 1. The van der Waals surface area contributed by atoms with Crippen LogP contribution in [0.5, 0.6) is 0 Å². The fourth-order valence-corrected chi connectivity index (χ4v) is 3.70. The second-order valence-electron chi connectivity index (χ2n) is 8.09. The lowest BCUT2D eigenvalue weighted by Crippen LogP contribution is -2.28. The number of benzene rings is 2. The van der Waals surface area contributed by atoms with Gasteiger partial charge in [0, 0.05) is 30.8 Å². The van der Waals surface area contributed by atoms with E-state index in [0.29, 0.717) is 22.3 Å². The van der Waals surface area contributed by atoms with E-state index >= 15 is 0 Å². The highest BCUT2D eigenvalue weighted by molar-refractivity contribution is 5.98. The number of fused-ring (bicyclic) bond motifs is 2. The van der Waals surface area contributed by atoms with Crippen molar-refractivity contribution in [2.75, 3.05) is 0 Å². The van der Waals surface area contributed by atoms with Crippen LogP contribution in [-0.4, -0.2) is 37.2 Å². The standard InChI is InChI=1S/C25H20N6O5/c1-14(32)17-5-2-15(3-6-17)12-27-24(34)20-11-19(29-22-8-9-28-31(20)22)23(33)26-13-16-4-7-21-18(10-16)30-25(35)36-21/h2-11H,12-13H2,1H3,(H,26,33)(H,27,34)(H,30,35). The lowest BCUT2D eigenvalue weighted by Gasteiger charge is -2.10. The van der Waals surface area contributed by atoms with Crippen LogP contribution >= 0.6 is 0 Å². The minimum Gasteiger partial charge on any atom is -0.408 e. The van der Waals surface area contributed by atoms with E-state index in [1.807, 2.05) is 0 Å². The summed E-state index contributed by atoms with van der Waals surface area (Å²) in [6.07, 6.45) is 1.49. The summed E-state index contributed by atoms with van der Waals surface area (Å²) in [7, 11) is 0. The molecule has 0 saturated carbocycles. The SMILES string of the molecule is CC(=O)c1ccc(CNC(=O)c2cc(C(=O)NCc3ccc4oc(=O)[nH]c4c3)nc3ccnn23)cc1. The Bertz CT molecular complexity index is 1680. The molecule has 5 aromatic rings. The number of hydrogen-bond donors (Lipinski definition) is 3. The molecule has 11 heteroatoms. The number of H-pyrrole nitrogens is 1. The molecule has 36 heavy (non-hydrogen) atoms. The van der Waals surface area contributed by atoms with Gasteiger partial charge in [0.05, 0.1) is 11.7 Å². The number of carbonyl (C=O) groups excluding carboxylic acids is 3. The Labute approximate surface area is 203 Å². The highest BCUT2D eigenvalue weighted by Crippen LogP contribution is 2.13. The molecular formula is C25H20N6O5. The molecule has 0 aliphatic carbocycles. The van der Waals surface area contributed by atoms with Gasteiger partial charge < -0.3 is 15.1 Å². The molecule has 2 aromatic carbocycles. The maximum absolute atomic E-state index is 13.0. The number of amides is 2. The van der Waals surface area contributed by atoms with Crippen molar-refractivity contribution in [1.82, 2.24) is 30.2 Å². The highest BCUT2D eigenvalue weighted by Gasteiger charge is 2.18. The van der Waals surface area contributed by atoms with Gasteiger partial charge in [-0.1, -0.05) is 30.3 Å². The van der Waals surface area contributed by atoms with Gasteiger partial charge in [-0.05, 0) is 30.2 Å². The van der Waals surface area contributed by atoms with Gasteiger partial charge >= 0.3 is 5.76 Å². The van der Waals surface area contributed by atoms with Crippen LogP contribution in [0, 0.1) is 0 Å². The van der Waals surface area contributed by atoms with Crippen LogP contribution in [0.25, 0.3) is 16.7 Å². The monoisotopic (exact) mass is 484 g/mol. The van der Waals surface area contributed by atoms with Gasteiger partial charge in [0.1, 0.15) is 11.4 Å². The van der Waals surface area contributed by atoms with Crippen molar-refractivity contribution in [2.45, 2.75) is 20.0 Å². The average molecular weight is 484 g/mol.